The van der Waals surface area contributed by atoms with E-state index in [2.05, 4.69) is 40.8 Å². The Morgan fingerprint density at radius 3 is 3.12 bits per heavy atom. The van der Waals surface area contributed by atoms with Crippen LogP contribution in [-0.2, 0) is 4.74 Å². The van der Waals surface area contributed by atoms with Gasteiger partial charge in [-0.1, -0.05) is 6.07 Å². The van der Waals surface area contributed by atoms with Crippen molar-refractivity contribution in [3.63, 3.8) is 0 Å². The Labute approximate surface area is 95.1 Å². The van der Waals surface area contributed by atoms with E-state index in [4.69, 9.17) is 4.74 Å². The van der Waals surface area contributed by atoms with Crippen molar-refractivity contribution in [1.82, 2.24) is 9.38 Å². The van der Waals surface area contributed by atoms with Gasteiger partial charge >= 0.3 is 0 Å². The highest BCUT2D eigenvalue weighted by atomic mass is 16.5. The first-order chi connectivity index (χ1) is 7.83. The smallest absolute Gasteiger partial charge is 0.137 e. The zero-order valence-corrected chi connectivity index (χ0v) is 9.52. The van der Waals surface area contributed by atoms with E-state index >= 15 is 0 Å². The van der Waals surface area contributed by atoms with Crippen LogP contribution in [0.1, 0.15) is 30.0 Å². The average Bonchev–Trinajstić information content (AvgIpc) is 2.73. The first kappa shape index (κ1) is 9.85. The van der Waals surface area contributed by atoms with Gasteiger partial charge in [-0.05, 0) is 31.4 Å². The summed E-state index contributed by atoms with van der Waals surface area (Å²) >= 11 is 0. The SMILES string of the molecule is Cc1ccc2nc(C3CCCOC3)cn2c1. The van der Waals surface area contributed by atoms with Crippen LogP contribution in [0.4, 0.5) is 0 Å². The average molecular weight is 216 g/mol. The predicted octanol–water partition coefficient (Wildman–Crippen LogP) is 2.54. The molecule has 3 heteroatoms. The molecule has 0 aliphatic carbocycles. The van der Waals surface area contributed by atoms with Crippen LogP contribution in [0, 0.1) is 6.92 Å². The molecule has 16 heavy (non-hydrogen) atoms. The van der Waals surface area contributed by atoms with E-state index in [1.165, 1.54) is 17.7 Å². The van der Waals surface area contributed by atoms with Crippen LogP contribution in [0.15, 0.2) is 24.5 Å². The maximum atomic E-state index is 5.51. The second-order valence-electron chi connectivity index (χ2n) is 4.55. The van der Waals surface area contributed by atoms with Crippen molar-refractivity contribution in [3.05, 3.63) is 35.8 Å². The Morgan fingerprint density at radius 1 is 1.38 bits per heavy atom. The molecular weight excluding hydrogens is 200 g/mol. The summed E-state index contributed by atoms with van der Waals surface area (Å²) in [5, 5.41) is 0. The topological polar surface area (TPSA) is 26.5 Å². The highest BCUT2D eigenvalue weighted by molar-refractivity contribution is 5.41. The number of aromatic nitrogens is 2. The van der Waals surface area contributed by atoms with E-state index in [-0.39, 0.29) is 0 Å². The summed E-state index contributed by atoms with van der Waals surface area (Å²) in [7, 11) is 0. The number of hydrogen-bond donors (Lipinski definition) is 0. The molecule has 3 nitrogen and oxygen atoms in total. The first-order valence-electron chi connectivity index (χ1n) is 5.86. The lowest BCUT2D eigenvalue weighted by molar-refractivity contribution is 0.0794. The Kier molecular flexibility index (Phi) is 2.40. The lowest BCUT2D eigenvalue weighted by Crippen LogP contribution is -2.15. The van der Waals surface area contributed by atoms with Gasteiger partial charge in [0.25, 0.3) is 0 Å². The van der Waals surface area contributed by atoms with Crippen molar-refractivity contribution < 1.29 is 4.74 Å². The molecule has 0 N–H and O–H groups in total. The second kappa shape index (κ2) is 3.91. The van der Waals surface area contributed by atoms with Crippen LogP contribution in [0.3, 0.4) is 0 Å². The lowest BCUT2D eigenvalue weighted by atomic mass is 9.99. The summed E-state index contributed by atoms with van der Waals surface area (Å²) in [6.45, 7) is 3.83. The van der Waals surface area contributed by atoms with E-state index in [9.17, 15) is 0 Å². The fourth-order valence-electron chi connectivity index (χ4n) is 2.29. The molecular formula is C13H16N2O. The van der Waals surface area contributed by atoms with E-state index < -0.39 is 0 Å². The second-order valence-corrected chi connectivity index (χ2v) is 4.55. The van der Waals surface area contributed by atoms with Gasteiger partial charge in [0.1, 0.15) is 5.65 Å². The van der Waals surface area contributed by atoms with Crippen LogP contribution in [0.25, 0.3) is 5.65 Å². The van der Waals surface area contributed by atoms with Gasteiger partial charge in [-0.25, -0.2) is 4.98 Å². The molecule has 1 aliphatic heterocycles. The van der Waals surface area contributed by atoms with Gasteiger partial charge in [0.15, 0.2) is 0 Å². The minimum absolute atomic E-state index is 0.481. The third-order valence-corrected chi connectivity index (χ3v) is 3.20. The van der Waals surface area contributed by atoms with E-state index in [1.54, 1.807) is 0 Å². The van der Waals surface area contributed by atoms with Crippen molar-refractivity contribution in [3.8, 4) is 0 Å². The number of hydrogen-bond acceptors (Lipinski definition) is 2. The Balaban J connectivity index is 1.97. The molecule has 1 atom stereocenters. The zero-order chi connectivity index (χ0) is 11.0. The molecule has 0 radical (unpaired) electrons. The maximum Gasteiger partial charge on any atom is 0.137 e. The fraction of sp³-hybridized carbons (Fsp3) is 0.462. The minimum Gasteiger partial charge on any atom is -0.381 e. The number of ether oxygens (including phenoxy) is 1. The van der Waals surface area contributed by atoms with E-state index in [1.807, 2.05) is 0 Å². The standard InChI is InChI=1S/C13H16N2O/c1-10-4-5-13-14-12(8-15(13)7-10)11-3-2-6-16-9-11/h4-5,7-8,11H,2-3,6,9H2,1H3. The fourth-order valence-corrected chi connectivity index (χ4v) is 2.29. The minimum atomic E-state index is 0.481. The van der Waals surface area contributed by atoms with Crippen LogP contribution < -0.4 is 0 Å². The normalized spacial score (nSPS) is 21.4. The molecule has 0 spiro atoms. The summed E-state index contributed by atoms with van der Waals surface area (Å²) in [5.41, 5.74) is 3.47. The third kappa shape index (κ3) is 1.71. The van der Waals surface area contributed by atoms with Crippen LogP contribution in [-0.4, -0.2) is 22.6 Å². The van der Waals surface area contributed by atoms with Crippen LogP contribution in [0.5, 0.6) is 0 Å². The van der Waals surface area contributed by atoms with Crippen molar-refractivity contribution >= 4 is 5.65 Å². The summed E-state index contributed by atoms with van der Waals surface area (Å²) in [4.78, 5) is 4.66. The van der Waals surface area contributed by atoms with Crippen LogP contribution >= 0.6 is 0 Å². The summed E-state index contributed by atoms with van der Waals surface area (Å²) in [6.07, 6.45) is 6.61. The monoisotopic (exact) mass is 216 g/mol. The van der Waals surface area contributed by atoms with Gasteiger partial charge in [-0.3, -0.25) is 0 Å². The number of fused-ring (bicyclic) bond motifs is 1. The summed E-state index contributed by atoms with van der Waals surface area (Å²) in [6, 6.07) is 4.17. The quantitative estimate of drug-likeness (QED) is 0.732. The molecule has 84 valence electrons. The highest BCUT2D eigenvalue weighted by Gasteiger charge is 2.18. The molecule has 1 saturated heterocycles. The molecule has 0 saturated carbocycles. The number of pyridine rings is 1. The largest absolute Gasteiger partial charge is 0.381 e. The molecule has 0 amide bonds. The molecule has 1 unspecified atom stereocenters. The van der Waals surface area contributed by atoms with Crippen molar-refractivity contribution in [2.45, 2.75) is 25.7 Å². The van der Waals surface area contributed by atoms with Gasteiger partial charge in [0, 0.05) is 24.9 Å². The van der Waals surface area contributed by atoms with E-state index in [0.29, 0.717) is 5.92 Å². The molecule has 3 rings (SSSR count). The van der Waals surface area contributed by atoms with E-state index in [0.717, 1.165) is 25.3 Å². The Bertz CT molecular complexity index is 498. The van der Waals surface area contributed by atoms with Gasteiger partial charge in [0.05, 0.1) is 12.3 Å². The number of imidazole rings is 1. The van der Waals surface area contributed by atoms with Crippen LogP contribution in [0.2, 0.25) is 0 Å². The first-order valence-corrected chi connectivity index (χ1v) is 5.86. The maximum absolute atomic E-state index is 5.51. The molecule has 0 bridgehead atoms. The summed E-state index contributed by atoms with van der Waals surface area (Å²) < 4.78 is 7.62. The number of nitrogens with zero attached hydrogens (tertiary/aromatic N) is 2. The van der Waals surface area contributed by atoms with Gasteiger partial charge < -0.3 is 9.14 Å². The Hall–Kier alpha value is -1.35. The van der Waals surface area contributed by atoms with Gasteiger partial charge in [-0.15, -0.1) is 0 Å². The predicted molar refractivity (Wildman–Crippen MR) is 62.7 cm³/mol. The van der Waals surface area contributed by atoms with Crippen molar-refractivity contribution in [2.75, 3.05) is 13.2 Å². The Morgan fingerprint density at radius 2 is 2.31 bits per heavy atom. The van der Waals surface area contributed by atoms with Gasteiger partial charge in [0.2, 0.25) is 0 Å². The molecule has 0 aromatic carbocycles. The van der Waals surface area contributed by atoms with Gasteiger partial charge in [-0.2, -0.15) is 0 Å². The zero-order valence-electron chi connectivity index (χ0n) is 9.52. The molecule has 2 aromatic heterocycles. The molecule has 3 heterocycles. The number of aryl methyl sites for hydroxylation is 1. The number of rotatable bonds is 1. The highest BCUT2D eigenvalue weighted by Crippen LogP contribution is 2.24. The van der Waals surface area contributed by atoms with Crippen molar-refractivity contribution in [1.29, 1.82) is 0 Å². The van der Waals surface area contributed by atoms with Crippen molar-refractivity contribution in [2.24, 2.45) is 0 Å². The molecule has 2 aromatic rings. The molecule has 1 aliphatic rings. The third-order valence-electron chi connectivity index (χ3n) is 3.20. The molecule has 1 fully saturated rings. The summed E-state index contributed by atoms with van der Waals surface area (Å²) in [5.74, 6) is 0.481. The lowest BCUT2D eigenvalue weighted by Gasteiger charge is -2.19.